The van der Waals surface area contributed by atoms with E-state index >= 15 is 0 Å². The molecule has 6 heteroatoms. The predicted octanol–water partition coefficient (Wildman–Crippen LogP) is -0.336. The molecule has 2 saturated heterocycles. The van der Waals surface area contributed by atoms with E-state index in [2.05, 4.69) is 10.3 Å². The first-order chi connectivity index (χ1) is 7.31. The minimum Gasteiger partial charge on any atom is -0.381 e. The molecule has 2 fully saturated rings. The smallest absolute Gasteiger partial charge is 0.165 e. The highest BCUT2D eigenvalue weighted by Crippen LogP contribution is 2.31. The fourth-order valence-corrected chi connectivity index (χ4v) is 2.32. The van der Waals surface area contributed by atoms with E-state index in [1.54, 1.807) is 10.9 Å². The molecule has 0 aliphatic carbocycles. The second-order valence-electron chi connectivity index (χ2n) is 4.20. The number of fused-ring (bicyclic) bond motifs is 1. The van der Waals surface area contributed by atoms with Gasteiger partial charge >= 0.3 is 0 Å². The Morgan fingerprint density at radius 3 is 3.20 bits per heavy atom. The van der Waals surface area contributed by atoms with Gasteiger partial charge in [0.25, 0.3) is 0 Å². The number of rotatable bonds is 2. The van der Waals surface area contributed by atoms with E-state index in [1.807, 2.05) is 0 Å². The number of nitrogens with zero attached hydrogens (tertiary/aromatic N) is 3. The van der Waals surface area contributed by atoms with Gasteiger partial charge in [0.15, 0.2) is 5.82 Å². The van der Waals surface area contributed by atoms with E-state index in [0.29, 0.717) is 11.7 Å². The van der Waals surface area contributed by atoms with Crippen molar-refractivity contribution in [1.29, 1.82) is 0 Å². The SMILES string of the molecule is Nc1cn(CC2CC3COCC3O2)nn1. The number of nitrogen functional groups attached to an aromatic ring is 1. The molecule has 1 aromatic rings. The molecule has 3 unspecified atom stereocenters. The lowest BCUT2D eigenvalue weighted by molar-refractivity contribution is 0.0108. The molecular formula is C9H14N4O2. The lowest BCUT2D eigenvalue weighted by atomic mass is 10.0. The summed E-state index contributed by atoms with van der Waals surface area (Å²) in [7, 11) is 0. The van der Waals surface area contributed by atoms with Crippen LogP contribution in [0.4, 0.5) is 5.82 Å². The quantitative estimate of drug-likeness (QED) is 0.723. The Bertz CT molecular complexity index is 342. The fraction of sp³-hybridized carbons (Fsp3) is 0.778. The van der Waals surface area contributed by atoms with Crippen molar-refractivity contribution in [2.75, 3.05) is 18.9 Å². The monoisotopic (exact) mass is 210 g/mol. The van der Waals surface area contributed by atoms with Gasteiger partial charge in [-0.25, -0.2) is 4.68 Å². The van der Waals surface area contributed by atoms with E-state index in [0.717, 1.165) is 26.2 Å². The maximum absolute atomic E-state index is 5.84. The van der Waals surface area contributed by atoms with Crippen molar-refractivity contribution in [2.45, 2.75) is 25.2 Å². The van der Waals surface area contributed by atoms with Crippen molar-refractivity contribution in [3.8, 4) is 0 Å². The highest BCUT2D eigenvalue weighted by Gasteiger charge is 2.39. The van der Waals surface area contributed by atoms with Gasteiger partial charge in [0.2, 0.25) is 0 Å². The minimum absolute atomic E-state index is 0.227. The molecule has 0 saturated carbocycles. The Balaban J connectivity index is 1.61. The first-order valence-electron chi connectivity index (χ1n) is 5.20. The van der Waals surface area contributed by atoms with Crippen LogP contribution in [0.25, 0.3) is 0 Å². The van der Waals surface area contributed by atoms with Crippen LogP contribution in [-0.4, -0.2) is 40.4 Å². The third-order valence-corrected chi connectivity index (χ3v) is 3.02. The van der Waals surface area contributed by atoms with Crippen LogP contribution in [0.3, 0.4) is 0 Å². The third kappa shape index (κ3) is 1.70. The summed E-state index contributed by atoms with van der Waals surface area (Å²) in [5.74, 6) is 1.02. The highest BCUT2D eigenvalue weighted by atomic mass is 16.6. The van der Waals surface area contributed by atoms with Gasteiger partial charge in [-0.2, -0.15) is 0 Å². The molecule has 2 aliphatic rings. The highest BCUT2D eigenvalue weighted by molar-refractivity contribution is 5.19. The molecule has 0 amide bonds. The van der Waals surface area contributed by atoms with Crippen molar-refractivity contribution >= 4 is 5.82 Å². The van der Waals surface area contributed by atoms with Crippen molar-refractivity contribution in [1.82, 2.24) is 15.0 Å². The minimum atomic E-state index is 0.227. The number of hydrogen-bond acceptors (Lipinski definition) is 5. The van der Waals surface area contributed by atoms with E-state index in [1.165, 1.54) is 0 Å². The van der Waals surface area contributed by atoms with Crippen LogP contribution in [0.5, 0.6) is 0 Å². The molecule has 15 heavy (non-hydrogen) atoms. The van der Waals surface area contributed by atoms with Crippen LogP contribution < -0.4 is 5.73 Å². The Labute approximate surface area is 87.3 Å². The average molecular weight is 210 g/mol. The molecule has 6 nitrogen and oxygen atoms in total. The predicted molar refractivity (Wildman–Crippen MR) is 52.0 cm³/mol. The van der Waals surface area contributed by atoms with E-state index in [4.69, 9.17) is 15.2 Å². The maximum atomic E-state index is 5.84. The number of aromatic nitrogens is 3. The van der Waals surface area contributed by atoms with Crippen LogP contribution >= 0.6 is 0 Å². The second-order valence-corrected chi connectivity index (χ2v) is 4.20. The molecule has 0 aromatic carbocycles. The zero-order chi connectivity index (χ0) is 10.3. The van der Waals surface area contributed by atoms with Crippen LogP contribution in [0.2, 0.25) is 0 Å². The summed E-state index contributed by atoms with van der Waals surface area (Å²) in [4.78, 5) is 0. The summed E-state index contributed by atoms with van der Waals surface area (Å²) in [5.41, 5.74) is 5.49. The van der Waals surface area contributed by atoms with Crippen molar-refractivity contribution < 1.29 is 9.47 Å². The summed E-state index contributed by atoms with van der Waals surface area (Å²) < 4.78 is 12.9. The van der Waals surface area contributed by atoms with Crippen LogP contribution in [0.15, 0.2) is 6.20 Å². The van der Waals surface area contributed by atoms with Gasteiger partial charge in [-0.05, 0) is 6.42 Å². The lowest BCUT2D eigenvalue weighted by Crippen LogP contribution is -2.19. The van der Waals surface area contributed by atoms with Gasteiger partial charge in [-0.1, -0.05) is 5.21 Å². The van der Waals surface area contributed by atoms with Gasteiger partial charge in [-0.3, -0.25) is 0 Å². The van der Waals surface area contributed by atoms with Crippen LogP contribution in [0, 0.1) is 5.92 Å². The third-order valence-electron chi connectivity index (χ3n) is 3.02. The molecule has 2 N–H and O–H groups in total. The topological polar surface area (TPSA) is 75.2 Å². The summed E-state index contributed by atoms with van der Waals surface area (Å²) in [6, 6.07) is 0. The van der Waals surface area contributed by atoms with E-state index < -0.39 is 0 Å². The summed E-state index contributed by atoms with van der Waals surface area (Å²) in [5, 5.41) is 7.64. The zero-order valence-corrected chi connectivity index (χ0v) is 8.37. The Hall–Kier alpha value is -1.14. The molecule has 82 valence electrons. The number of hydrogen-bond donors (Lipinski definition) is 1. The van der Waals surface area contributed by atoms with Crippen molar-refractivity contribution in [3.05, 3.63) is 6.20 Å². The number of ether oxygens (including phenoxy) is 2. The summed E-state index contributed by atoms with van der Waals surface area (Å²) in [6.45, 7) is 2.30. The average Bonchev–Trinajstić information content (AvgIpc) is 2.81. The van der Waals surface area contributed by atoms with Gasteiger partial charge in [0.1, 0.15) is 0 Å². The second kappa shape index (κ2) is 3.46. The molecular weight excluding hydrogens is 196 g/mol. The Morgan fingerprint density at radius 1 is 1.53 bits per heavy atom. The van der Waals surface area contributed by atoms with E-state index in [9.17, 15) is 0 Å². The summed E-state index contributed by atoms with van der Waals surface area (Å²) >= 11 is 0. The first-order valence-corrected chi connectivity index (χ1v) is 5.20. The summed E-state index contributed by atoms with van der Waals surface area (Å²) in [6.07, 6.45) is 3.29. The zero-order valence-electron chi connectivity index (χ0n) is 8.37. The first kappa shape index (κ1) is 9.11. The molecule has 0 spiro atoms. The fourth-order valence-electron chi connectivity index (χ4n) is 2.32. The molecule has 0 bridgehead atoms. The van der Waals surface area contributed by atoms with Crippen LogP contribution in [0.1, 0.15) is 6.42 Å². The van der Waals surface area contributed by atoms with Gasteiger partial charge in [-0.15, -0.1) is 5.10 Å². The largest absolute Gasteiger partial charge is 0.381 e. The normalized spacial score (nSPS) is 34.5. The molecule has 3 rings (SSSR count). The molecule has 3 atom stereocenters. The number of nitrogens with two attached hydrogens (primary N) is 1. The van der Waals surface area contributed by atoms with Gasteiger partial charge < -0.3 is 15.2 Å². The molecule has 3 heterocycles. The van der Waals surface area contributed by atoms with Crippen molar-refractivity contribution in [2.24, 2.45) is 5.92 Å². The van der Waals surface area contributed by atoms with Gasteiger partial charge in [0, 0.05) is 5.92 Å². The Morgan fingerprint density at radius 2 is 2.47 bits per heavy atom. The Kier molecular flexibility index (Phi) is 2.10. The molecule has 2 aliphatic heterocycles. The van der Waals surface area contributed by atoms with Gasteiger partial charge in [0.05, 0.1) is 38.2 Å². The van der Waals surface area contributed by atoms with Crippen molar-refractivity contribution in [3.63, 3.8) is 0 Å². The van der Waals surface area contributed by atoms with E-state index in [-0.39, 0.29) is 12.2 Å². The number of anilines is 1. The standard InChI is InChI=1S/C9H14N4O2/c10-9-3-13(12-11-9)2-7-1-6-4-14-5-8(6)15-7/h3,6-8H,1-2,4-5,10H2. The molecule has 0 radical (unpaired) electrons. The molecule has 1 aromatic heterocycles. The maximum Gasteiger partial charge on any atom is 0.165 e. The van der Waals surface area contributed by atoms with Crippen LogP contribution in [-0.2, 0) is 16.0 Å². The lowest BCUT2D eigenvalue weighted by Gasteiger charge is -2.11.